The average molecular weight is 398 g/mol. The standard InChI is InChI=1S/C22H24ClN3S/c1-15-8-6-9-16(2)19(15)24-20-22(12-4-5-13-22)26(21(25-20)27-3)18-11-7-10-17(23)14-18/h6-11,14H,4-5,12-13H2,1-3H3. The molecular formula is C22H24ClN3S. The maximum absolute atomic E-state index is 6.31. The summed E-state index contributed by atoms with van der Waals surface area (Å²) in [4.78, 5) is 12.5. The van der Waals surface area contributed by atoms with Crippen LogP contribution in [-0.4, -0.2) is 22.8 Å². The van der Waals surface area contributed by atoms with Crippen LogP contribution in [0, 0.1) is 13.8 Å². The van der Waals surface area contributed by atoms with Crippen LogP contribution in [0.1, 0.15) is 36.8 Å². The van der Waals surface area contributed by atoms with E-state index in [-0.39, 0.29) is 5.54 Å². The van der Waals surface area contributed by atoms with E-state index >= 15 is 0 Å². The van der Waals surface area contributed by atoms with Crippen LogP contribution in [0.15, 0.2) is 52.4 Å². The normalized spacial score (nSPS) is 19.9. The molecule has 1 saturated carbocycles. The molecule has 5 heteroatoms. The van der Waals surface area contributed by atoms with Crippen molar-refractivity contribution in [2.45, 2.75) is 45.1 Å². The number of benzene rings is 2. The minimum absolute atomic E-state index is 0.169. The Kier molecular flexibility index (Phi) is 5.04. The molecule has 1 aliphatic heterocycles. The largest absolute Gasteiger partial charge is 0.307 e. The van der Waals surface area contributed by atoms with Gasteiger partial charge in [0, 0.05) is 10.7 Å². The molecule has 1 aliphatic carbocycles. The van der Waals surface area contributed by atoms with Crippen molar-refractivity contribution in [1.29, 1.82) is 0 Å². The van der Waals surface area contributed by atoms with E-state index in [9.17, 15) is 0 Å². The summed E-state index contributed by atoms with van der Waals surface area (Å²) < 4.78 is 0. The van der Waals surface area contributed by atoms with Gasteiger partial charge in [-0.3, -0.25) is 0 Å². The summed E-state index contributed by atoms with van der Waals surface area (Å²) in [5.74, 6) is 0.946. The lowest BCUT2D eigenvalue weighted by atomic mass is 9.94. The van der Waals surface area contributed by atoms with Gasteiger partial charge < -0.3 is 4.90 Å². The van der Waals surface area contributed by atoms with Gasteiger partial charge >= 0.3 is 0 Å². The van der Waals surface area contributed by atoms with Crippen LogP contribution in [0.5, 0.6) is 0 Å². The number of thioether (sulfide) groups is 1. The monoisotopic (exact) mass is 397 g/mol. The number of aryl methyl sites for hydroxylation is 2. The highest BCUT2D eigenvalue weighted by atomic mass is 35.5. The fourth-order valence-electron chi connectivity index (χ4n) is 4.26. The van der Waals surface area contributed by atoms with E-state index in [0.29, 0.717) is 0 Å². The number of amidine groups is 2. The Bertz CT molecular complexity index is 909. The zero-order chi connectivity index (χ0) is 19.0. The molecule has 0 radical (unpaired) electrons. The maximum atomic E-state index is 6.31. The first kappa shape index (κ1) is 18.6. The van der Waals surface area contributed by atoms with Crippen LogP contribution in [0.2, 0.25) is 5.02 Å². The fourth-order valence-corrected chi connectivity index (χ4v) is 5.09. The molecule has 2 aromatic carbocycles. The molecule has 2 aliphatic rings. The first-order valence-electron chi connectivity index (χ1n) is 9.39. The molecule has 140 valence electrons. The number of hydrogen-bond acceptors (Lipinski definition) is 3. The van der Waals surface area contributed by atoms with Gasteiger partial charge in [-0.05, 0) is 62.3 Å². The summed E-state index contributed by atoms with van der Waals surface area (Å²) in [6.07, 6.45) is 6.61. The van der Waals surface area contributed by atoms with Gasteiger partial charge in [0.25, 0.3) is 0 Å². The van der Waals surface area contributed by atoms with Crippen LogP contribution in [0.25, 0.3) is 0 Å². The minimum atomic E-state index is -0.169. The topological polar surface area (TPSA) is 28.0 Å². The van der Waals surface area contributed by atoms with Crippen molar-refractivity contribution < 1.29 is 0 Å². The fraction of sp³-hybridized carbons (Fsp3) is 0.364. The smallest absolute Gasteiger partial charge is 0.170 e. The minimum Gasteiger partial charge on any atom is -0.307 e. The third-order valence-electron chi connectivity index (χ3n) is 5.57. The van der Waals surface area contributed by atoms with Gasteiger partial charge in [0.05, 0.1) is 5.69 Å². The Morgan fingerprint density at radius 3 is 2.37 bits per heavy atom. The molecule has 0 bridgehead atoms. The van der Waals surface area contributed by atoms with E-state index in [1.807, 2.05) is 18.2 Å². The van der Waals surface area contributed by atoms with E-state index in [2.05, 4.69) is 49.3 Å². The van der Waals surface area contributed by atoms with Gasteiger partial charge in [-0.1, -0.05) is 60.5 Å². The van der Waals surface area contributed by atoms with Crippen LogP contribution in [-0.2, 0) is 0 Å². The number of nitrogens with zero attached hydrogens (tertiary/aromatic N) is 3. The van der Waals surface area contributed by atoms with Crippen molar-refractivity contribution in [3.8, 4) is 0 Å². The molecule has 0 amide bonds. The second-order valence-electron chi connectivity index (χ2n) is 7.33. The number of anilines is 1. The van der Waals surface area contributed by atoms with Gasteiger partial charge in [-0.15, -0.1) is 0 Å². The van der Waals surface area contributed by atoms with E-state index in [0.717, 1.165) is 40.2 Å². The average Bonchev–Trinajstić information content (AvgIpc) is 3.24. The van der Waals surface area contributed by atoms with Crippen molar-refractivity contribution in [3.63, 3.8) is 0 Å². The number of aliphatic imine (C=N–C) groups is 2. The number of para-hydroxylation sites is 1. The zero-order valence-electron chi connectivity index (χ0n) is 16.0. The molecule has 0 saturated heterocycles. The number of halogens is 1. The first-order valence-corrected chi connectivity index (χ1v) is 11.0. The van der Waals surface area contributed by atoms with Crippen molar-refractivity contribution in [3.05, 3.63) is 58.6 Å². The van der Waals surface area contributed by atoms with Gasteiger partial charge in [-0.2, -0.15) is 0 Å². The van der Waals surface area contributed by atoms with E-state index in [4.69, 9.17) is 21.6 Å². The summed E-state index contributed by atoms with van der Waals surface area (Å²) >= 11 is 7.99. The highest BCUT2D eigenvalue weighted by Gasteiger charge is 2.50. The van der Waals surface area contributed by atoms with Gasteiger partial charge in [-0.25, -0.2) is 9.98 Å². The predicted octanol–water partition coefficient (Wildman–Crippen LogP) is 6.54. The summed E-state index contributed by atoms with van der Waals surface area (Å²) in [5.41, 5.74) is 4.37. The Morgan fingerprint density at radius 2 is 1.74 bits per heavy atom. The highest BCUT2D eigenvalue weighted by Crippen LogP contribution is 2.46. The lowest BCUT2D eigenvalue weighted by Gasteiger charge is -2.36. The van der Waals surface area contributed by atoms with Crippen molar-refractivity contribution >= 4 is 45.7 Å². The molecule has 4 rings (SSSR count). The second-order valence-corrected chi connectivity index (χ2v) is 8.54. The van der Waals surface area contributed by atoms with Crippen LogP contribution in [0.4, 0.5) is 11.4 Å². The van der Waals surface area contributed by atoms with E-state index in [1.54, 1.807) is 11.8 Å². The third-order valence-corrected chi connectivity index (χ3v) is 6.45. The van der Waals surface area contributed by atoms with Crippen molar-refractivity contribution in [2.24, 2.45) is 9.98 Å². The molecule has 0 atom stereocenters. The van der Waals surface area contributed by atoms with E-state index in [1.165, 1.54) is 24.0 Å². The summed E-state index contributed by atoms with van der Waals surface area (Å²) in [5, 5.41) is 1.75. The van der Waals surface area contributed by atoms with Gasteiger partial charge in [0.2, 0.25) is 0 Å². The maximum Gasteiger partial charge on any atom is 0.170 e. The lowest BCUT2D eigenvalue weighted by molar-refractivity contribution is 0.592. The molecule has 3 nitrogen and oxygen atoms in total. The quantitative estimate of drug-likeness (QED) is 0.575. The molecule has 0 unspecified atom stereocenters. The zero-order valence-corrected chi connectivity index (χ0v) is 17.6. The summed E-state index contributed by atoms with van der Waals surface area (Å²) in [7, 11) is 0. The molecular weight excluding hydrogens is 374 g/mol. The molecule has 1 heterocycles. The van der Waals surface area contributed by atoms with Crippen LogP contribution in [0.3, 0.4) is 0 Å². The highest BCUT2D eigenvalue weighted by molar-refractivity contribution is 8.13. The third kappa shape index (κ3) is 3.19. The Labute approximate surface area is 170 Å². The Hall–Kier alpha value is -1.78. The SMILES string of the molecule is CSC1=NC(=Nc2c(C)cccc2C)C2(CCCC2)N1c1cccc(Cl)c1. The Morgan fingerprint density at radius 1 is 1.07 bits per heavy atom. The summed E-state index contributed by atoms with van der Waals surface area (Å²) in [6, 6.07) is 14.4. The molecule has 27 heavy (non-hydrogen) atoms. The Balaban J connectivity index is 1.88. The summed E-state index contributed by atoms with van der Waals surface area (Å²) in [6.45, 7) is 4.24. The van der Waals surface area contributed by atoms with Crippen LogP contribution >= 0.6 is 23.4 Å². The molecule has 2 aromatic rings. The number of hydrogen-bond donors (Lipinski definition) is 0. The van der Waals surface area contributed by atoms with Crippen molar-refractivity contribution in [2.75, 3.05) is 11.2 Å². The second kappa shape index (κ2) is 7.33. The first-order chi connectivity index (χ1) is 13.0. The molecule has 1 fully saturated rings. The van der Waals surface area contributed by atoms with Gasteiger partial charge in [0.1, 0.15) is 5.54 Å². The molecule has 0 N–H and O–H groups in total. The van der Waals surface area contributed by atoms with Gasteiger partial charge in [0.15, 0.2) is 11.0 Å². The lowest BCUT2D eigenvalue weighted by Crippen LogP contribution is -2.49. The molecule has 0 aromatic heterocycles. The molecule has 1 spiro atoms. The van der Waals surface area contributed by atoms with Crippen molar-refractivity contribution in [1.82, 2.24) is 0 Å². The predicted molar refractivity (Wildman–Crippen MR) is 119 cm³/mol. The number of rotatable bonds is 2. The van der Waals surface area contributed by atoms with E-state index < -0.39 is 0 Å². The van der Waals surface area contributed by atoms with Crippen LogP contribution < -0.4 is 4.90 Å².